The molecule has 0 saturated carbocycles. The van der Waals surface area contributed by atoms with Crippen LogP contribution < -0.4 is 0 Å². The molecule has 0 bridgehead atoms. The second kappa shape index (κ2) is 7.35. The zero-order chi connectivity index (χ0) is 18.8. The molecule has 1 fully saturated rings. The molecule has 0 spiro atoms. The Morgan fingerprint density at radius 3 is 2.78 bits per heavy atom. The maximum absolute atomic E-state index is 13.1. The fourth-order valence-electron chi connectivity index (χ4n) is 3.69. The van der Waals surface area contributed by atoms with Gasteiger partial charge in [0.1, 0.15) is 6.04 Å². The molecule has 2 heterocycles. The van der Waals surface area contributed by atoms with E-state index in [0.717, 1.165) is 36.1 Å². The van der Waals surface area contributed by atoms with E-state index in [-0.39, 0.29) is 17.9 Å². The van der Waals surface area contributed by atoms with Gasteiger partial charge in [-0.3, -0.25) is 4.79 Å². The van der Waals surface area contributed by atoms with Crippen molar-refractivity contribution in [2.75, 3.05) is 6.54 Å². The molecule has 4 rings (SSSR count). The summed E-state index contributed by atoms with van der Waals surface area (Å²) in [7, 11) is 0. The Hall–Kier alpha value is -2.95. The van der Waals surface area contributed by atoms with Crippen LogP contribution in [0.25, 0.3) is 11.4 Å². The first kappa shape index (κ1) is 17.5. The third-order valence-corrected chi connectivity index (χ3v) is 5.21. The van der Waals surface area contributed by atoms with Gasteiger partial charge in [-0.2, -0.15) is 4.98 Å². The number of rotatable bonds is 4. The lowest BCUT2D eigenvalue weighted by Gasteiger charge is -2.25. The maximum Gasteiger partial charge on any atom is 0.249 e. The van der Waals surface area contributed by atoms with Crippen LogP contribution in [0.15, 0.2) is 59.1 Å². The number of aryl methyl sites for hydroxylation is 1. The Balaban J connectivity index is 1.56. The van der Waals surface area contributed by atoms with E-state index in [1.165, 1.54) is 0 Å². The minimum atomic E-state index is -0.189. The lowest BCUT2D eigenvalue weighted by Crippen LogP contribution is -2.34. The molecule has 1 saturated heterocycles. The Bertz CT molecular complexity index is 935. The van der Waals surface area contributed by atoms with Gasteiger partial charge in [0.05, 0.1) is 5.92 Å². The minimum Gasteiger partial charge on any atom is -0.337 e. The average Bonchev–Trinajstić information content (AvgIpc) is 3.37. The van der Waals surface area contributed by atoms with Crippen LogP contribution in [0.3, 0.4) is 0 Å². The Labute approximate surface area is 159 Å². The third kappa shape index (κ3) is 3.50. The highest BCUT2D eigenvalue weighted by Gasteiger charge is 2.36. The predicted molar refractivity (Wildman–Crippen MR) is 103 cm³/mol. The number of hydrogen-bond acceptors (Lipinski definition) is 4. The molecule has 138 valence electrons. The van der Waals surface area contributed by atoms with Crippen molar-refractivity contribution in [3.8, 4) is 11.4 Å². The molecule has 1 aliphatic heterocycles. The van der Waals surface area contributed by atoms with Crippen molar-refractivity contribution in [3.05, 3.63) is 71.6 Å². The van der Waals surface area contributed by atoms with Crippen LogP contribution >= 0.6 is 0 Å². The summed E-state index contributed by atoms with van der Waals surface area (Å²) in [6.45, 7) is 4.72. The van der Waals surface area contributed by atoms with Crippen LogP contribution in [0.1, 0.15) is 48.7 Å². The zero-order valence-electron chi connectivity index (χ0n) is 15.6. The predicted octanol–water partition coefficient (Wildman–Crippen LogP) is 4.51. The molecule has 0 aliphatic carbocycles. The number of hydrogen-bond donors (Lipinski definition) is 0. The van der Waals surface area contributed by atoms with E-state index < -0.39 is 0 Å². The summed E-state index contributed by atoms with van der Waals surface area (Å²) in [5.74, 6) is 1.02. The summed E-state index contributed by atoms with van der Waals surface area (Å²) in [6.07, 6.45) is 1.79. The fourth-order valence-corrected chi connectivity index (χ4v) is 3.69. The molecule has 1 aliphatic rings. The van der Waals surface area contributed by atoms with Gasteiger partial charge in [-0.25, -0.2) is 0 Å². The second-order valence-corrected chi connectivity index (χ2v) is 7.15. The largest absolute Gasteiger partial charge is 0.337 e. The molecular weight excluding hydrogens is 338 g/mol. The van der Waals surface area contributed by atoms with Crippen LogP contribution in [0.5, 0.6) is 0 Å². The maximum atomic E-state index is 13.1. The molecule has 0 radical (unpaired) electrons. The monoisotopic (exact) mass is 361 g/mol. The minimum absolute atomic E-state index is 0.110. The molecule has 3 aromatic rings. The van der Waals surface area contributed by atoms with Crippen molar-refractivity contribution < 1.29 is 9.32 Å². The highest BCUT2D eigenvalue weighted by molar-refractivity contribution is 5.84. The number of amides is 1. The molecular formula is C22H23N3O2. The molecule has 2 aromatic carbocycles. The Morgan fingerprint density at radius 2 is 2.00 bits per heavy atom. The van der Waals surface area contributed by atoms with Gasteiger partial charge in [0.15, 0.2) is 0 Å². The third-order valence-electron chi connectivity index (χ3n) is 5.21. The Kier molecular flexibility index (Phi) is 4.75. The molecule has 5 heteroatoms. The van der Waals surface area contributed by atoms with Crippen LogP contribution in [-0.4, -0.2) is 27.5 Å². The van der Waals surface area contributed by atoms with E-state index in [1.54, 1.807) is 0 Å². The zero-order valence-corrected chi connectivity index (χ0v) is 15.6. The van der Waals surface area contributed by atoms with Crippen LogP contribution in [0.2, 0.25) is 0 Å². The normalized spacial score (nSPS) is 17.9. The van der Waals surface area contributed by atoms with Crippen molar-refractivity contribution in [1.82, 2.24) is 15.0 Å². The van der Waals surface area contributed by atoms with Gasteiger partial charge < -0.3 is 9.42 Å². The first-order chi connectivity index (χ1) is 13.1. The standard InChI is InChI=1S/C22H23N3O2/c1-15-8-6-11-18(14-15)20-23-21(27-24-20)19-12-7-13-25(19)22(26)16(2)17-9-4-3-5-10-17/h3-6,8-11,14,16,19H,7,12-13H2,1-2H3/t16-,19+/m0/s1. The van der Waals surface area contributed by atoms with Gasteiger partial charge in [0.25, 0.3) is 0 Å². The number of likely N-dealkylation sites (tertiary alicyclic amines) is 1. The van der Waals surface area contributed by atoms with Gasteiger partial charge in [-0.1, -0.05) is 59.3 Å². The van der Waals surface area contributed by atoms with Gasteiger partial charge in [-0.15, -0.1) is 0 Å². The van der Waals surface area contributed by atoms with E-state index in [2.05, 4.69) is 10.1 Å². The molecule has 5 nitrogen and oxygen atoms in total. The lowest BCUT2D eigenvalue weighted by molar-refractivity contribution is -0.133. The van der Waals surface area contributed by atoms with E-state index in [1.807, 2.05) is 73.3 Å². The second-order valence-electron chi connectivity index (χ2n) is 7.15. The van der Waals surface area contributed by atoms with Gasteiger partial charge in [-0.05, 0) is 38.3 Å². The molecule has 0 N–H and O–H groups in total. The smallest absolute Gasteiger partial charge is 0.249 e. The molecule has 1 amide bonds. The van der Waals surface area contributed by atoms with E-state index in [9.17, 15) is 4.79 Å². The van der Waals surface area contributed by atoms with Crippen molar-refractivity contribution in [2.24, 2.45) is 0 Å². The lowest BCUT2D eigenvalue weighted by atomic mass is 9.99. The van der Waals surface area contributed by atoms with Crippen LogP contribution in [-0.2, 0) is 4.79 Å². The van der Waals surface area contributed by atoms with Gasteiger partial charge >= 0.3 is 0 Å². The van der Waals surface area contributed by atoms with Gasteiger partial charge in [0, 0.05) is 12.1 Å². The van der Waals surface area contributed by atoms with Gasteiger partial charge in [0.2, 0.25) is 17.6 Å². The molecule has 0 unspecified atom stereocenters. The average molecular weight is 361 g/mol. The molecule has 2 atom stereocenters. The first-order valence-corrected chi connectivity index (χ1v) is 9.39. The number of carbonyl (C=O) groups excluding carboxylic acids is 1. The fraction of sp³-hybridized carbons (Fsp3) is 0.318. The quantitative estimate of drug-likeness (QED) is 0.686. The number of benzene rings is 2. The summed E-state index contributed by atoms with van der Waals surface area (Å²) in [6, 6.07) is 17.8. The summed E-state index contributed by atoms with van der Waals surface area (Å²) in [5, 5.41) is 4.14. The van der Waals surface area contributed by atoms with E-state index in [0.29, 0.717) is 11.7 Å². The summed E-state index contributed by atoms with van der Waals surface area (Å²) < 4.78 is 5.55. The van der Waals surface area contributed by atoms with Crippen molar-refractivity contribution >= 4 is 5.91 Å². The van der Waals surface area contributed by atoms with Crippen molar-refractivity contribution in [3.63, 3.8) is 0 Å². The van der Waals surface area contributed by atoms with E-state index in [4.69, 9.17) is 4.52 Å². The van der Waals surface area contributed by atoms with Crippen LogP contribution in [0.4, 0.5) is 0 Å². The molecule has 1 aromatic heterocycles. The topological polar surface area (TPSA) is 59.2 Å². The summed E-state index contributed by atoms with van der Waals surface area (Å²) in [4.78, 5) is 19.6. The van der Waals surface area contributed by atoms with Crippen LogP contribution in [0, 0.1) is 6.92 Å². The van der Waals surface area contributed by atoms with Crippen molar-refractivity contribution in [1.29, 1.82) is 0 Å². The number of nitrogens with zero attached hydrogens (tertiary/aromatic N) is 3. The van der Waals surface area contributed by atoms with Crippen molar-refractivity contribution in [2.45, 2.75) is 38.6 Å². The summed E-state index contributed by atoms with van der Waals surface area (Å²) in [5.41, 5.74) is 3.10. The first-order valence-electron chi connectivity index (χ1n) is 9.39. The number of aromatic nitrogens is 2. The summed E-state index contributed by atoms with van der Waals surface area (Å²) >= 11 is 0. The van der Waals surface area contributed by atoms with E-state index >= 15 is 0 Å². The highest BCUT2D eigenvalue weighted by Crippen LogP contribution is 2.34. The Morgan fingerprint density at radius 1 is 1.19 bits per heavy atom. The number of carbonyl (C=O) groups is 1. The molecule has 27 heavy (non-hydrogen) atoms. The highest BCUT2D eigenvalue weighted by atomic mass is 16.5. The SMILES string of the molecule is Cc1cccc(-c2noc([C@H]3CCCN3C(=O)[C@@H](C)c3ccccc3)n2)c1.